The summed E-state index contributed by atoms with van der Waals surface area (Å²) in [4.78, 5) is 12.4. The molecule has 0 radical (unpaired) electrons. The second-order valence-corrected chi connectivity index (χ2v) is 7.08. The molecule has 2 bridgehead atoms. The molecule has 2 fully saturated rings. The van der Waals surface area contributed by atoms with Gasteiger partial charge in [-0.25, -0.2) is 0 Å². The number of fused-ring (bicyclic) bond motifs is 2. The smallest absolute Gasteiger partial charge is 0.164 e. The second kappa shape index (κ2) is 4.95. The molecular weight excluding hydrogens is 335 g/mol. The van der Waals surface area contributed by atoms with E-state index in [4.69, 9.17) is 0 Å². The quantitative estimate of drug-likeness (QED) is 0.572. The predicted octanol–water partition coefficient (Wildman–Crippen LogP) is 4.61. The molecular formula is C16H19IO. The molecule has 2 heteroatoms. The van der Waals surface area contributed by atoms with Gasteiger partial charge < -0.3 is 0 Å². The van der Waals surface area contributed by atoms with Gasteiger partial charge in [0.15, 0.2) is 5.78 Å². The van der Waals surface area contributed by atoms with Crippen LogP contribution in [-0.4, -0.2) is 5.78 Å². The Bertz CT molecular complexity index is 480. The molecule has 3 atom stereocenters. The predicted molar refractivity (Wildman–Crippen MR) is 81.8 cm³/mol. The van der Waals surface area contributed by atoms with Crippen molar-refractivity contribution in [3.05, 3.63) is 32.9 Å². The Balaban J connectivity index is 1.73. The van der Waals surface area contributed by atoms with Crippen molar-refractivity contribution in [1.82, 2.24) is 0 Å². The summed E-state index contributed by atoms with van der Waals surface area (Å²) in [5.41, 5.74) is 2.16. The normalized spacial score (nSPS) is 29.8. The van der Waals surface area contributed by atoms with Crippen LogP contribution in [0.25, 0.3) is 0 Å². The van der Waals surface area contributed by atoms with Gasteiger partial charge in [-0.05, 0) is 72.1 Å². The summed E-state index contributed by atoms with van der Waals surface area (Å²) in [7, 11) is 0. The van der Waals surface area contributed by atoms with Crippen molar-refractivity contribution in [2.45, 2.75) is 39.0 Å². The van der Waals surface area contributed by atoms with Gasteiger partial charge in [0.2, 0.25) is 0 Å². The summed E-state index contributed by atoms with van der Waals surface area (Å²) in [6.07, 6.45) is 6.26. The SMILES string of the molecule is Cc1cccc(C(=O)CC2CC3CCC2C3)c1I. The van der Waals surface area contributed by atoms with Crippen molar-refractivity contribution >= 4 is 28.4 Å². The van der Waals surface area contributed by atoms with Crippen LogP contribution in [0.1, 0.15) is 48.0 Å². The highest BCUT2D eigenvalue weighted by Gasteiger charge is 2.40. The Kier molecular flexibility index (Phi) is 3.48. The van der Waals surface area contributed by atoms with Gasteiger partial charge in [0, 0.05) is 15.6 Å². The number of aryl methyl sites for hydroxylation is 1. The minimum absolute atomic E-state index is 0.362. The molecule has 0 spiro atoms. The Morgan fingerprint density at radius 2 is 2.17 bits per heavy atom. The highest BCUT2D eigenvalue weighted by atomic mass is 127. The van der Waals surface area contributed by atoms with Gasteiger partial charge in [-0.1, -0.05) is 24.6 Å². The lowest BCUT2D eigenvalue weighted by Gasteiger charge is -2.21. The van der Waals surface area contributed by atoms with E-state index in [0.29, 0.717) is 11.7 Å². The number of Topliss-reactive ketones (excluding diaryl/α,β-unsaturated/α-hetero) is 1. The Morgan fingerprint density at radius 3 is 2.83 bits per heavy atom. The second-order valence-electron chi connectivity index (χ2n) is 6.00. The van der Waals surface area contributed by atoms with E-state index in [1.807, 2.05) is 12.1 Å². The molecule has 0 N–H and O–H groups in total. The Hall–Kier alpha value is -0.380. The topological polar surface area (TPSA) is 17.1 Å². The maximum atomic E-state index is 12.4. The summed E-state index contributed by atoms with van der Waals surface area (Å²) >= 11 is 2.31. The summed E-state index contributed by atoms with van der Waals surface area (Å²) < 4.78 is 1.14. The van der Waals surface area contributed by atoms with Crippen molar-refractivity contribution in [2.75, 3.05) is 0 Å². The van der Waals surface area contributed by atoms with Crippen LogP contribution in [0.4, 0.5) is 0 Å². The minimum atomic E-state index is 0.362. The van der Waals surface area contributed by atoms with E-state index in [2.05, 4.69) is 35.6 Å². The maximum Gasteiger partial charge on any atom is 0.164 e. The van der Waals surface area contributed by atoms with Crippen LogP contribution >= 0.6 is 22.6 Å². The zero-order valence-corrected chi connectivity index (χ0v) is 12.9. The number of hydrogen-bond donors (Lipinski definition) is 0. The fourth-order valence-corrected chi connectivity index (χ4v) is 4.50. The van der Waals surface area contributed by atoms with Crippen LogP contribution in [0.5, 0.6) is 0 Å². The lowest BCUT2D eigenvalue weighted by molar-refractivity contribution is 0.0943. The van der Waals surface area contributed by atoms with E-state index in [0.717, 1.165) is 27.4 Å². The van der Waals surface area contributed by atoms with Gasteiger partial charge in [-0.3, -0.25) is 4.79 Å². The fourth-order valence-electron chi connectivity index (χ4n) is 3.84. The number of carbonyl (C=O) groups is 1. The lowest BCUT2D eigenvalue weighted by atomic mass is 9.84. The molecule has 0 heterocycles. The van der Waals surface area contributed by atoms with Crippen LogP contribution < -0.4 is 0 Å². The van der Waals surface area contributed by atoms with Crippen molar-refractivity contribution in [2.24, 2.45) is 17.8 Å². The third-order valence-corrected chi connectivity index (χ3v) is 6.26. The molecule has 0 aromatic heterocycles. The van der Waals surface area contributed by atoms with Crippen molar-refractivity contribution in [1.29, 1.82) is 0 Å². The van der Waals surface area contributed by atoms with Gasteiger partial charge in [-0.15, -0.1) is 0 Å². The first-order valence-electron chi connectivity index (χ1n) is 6.93. The molecule has 2 aliphatic carbocycles. The number of halogens is 1. The molecule has 3 unspecified atom stereocenters. The zero-order valence-electron chi connectivity index (χ0n) is 10.8. The van der Waals surface area contributed by atoms with E-state index in [1.54, 1.807) is 0 Å². The average Bonchev–Trinajstić information content (AvgIpc) is 2.94. The summed E-state index contributed by atoms with van der Waals surface area (Å²) in [5.74, 6) is 2.82. The molecule has 0 amide bonds. The van der Waals surface area contributed by atoms with Gasteiger partial charge in [0.1, 0.15) is 0 Å². The maximum absolute atomic E-state index is 12.4. The number of hydrogen-bond acceptors (Lipinski definition) is 1. The van der Waals surface area contributed by atoms with E-state index in [9.17, 15) is 4.79 Å². The van der Waals surface area contributed by atoms with Gasteiger partial charge in [0.25, 0.3) is 0 Å². The molecule has 3 rings (SSSR count). The fraction of sp³-hybridized carbons (Fsp3) is 0.562. The van der Waals surface area contributed by atoms with Crippen molar-refractivity contribution < 1.29 is 4.79 Å². The Morgan fingerprint density at radius 1 is 1.33 bits per heavy atom. The molecule has 0 aliphatic heterocycles. The first kappa shape index (κ1) is 12.6. The molecule has 1 aromatic rings. The molecule has 1 aromatic carbocycles. The van der Waals surface area contributed by atoms with E-state index < -0.39 is 0 Å². The van der Waals surface area contributed by atoms with Gasteiger partial charge in [-0.2, -0.15) is 0 Å². The third-order valence-electron chi connectivity index (χ3n) is 4.82. The van der Waals surface area contributed by atoms with Crippen molar-refractivity contribution in [3.8, 4) is 0 Å². The molecule has 2 saturated carbocycles. The highest BCUT2D eigenvalue weighted by molar-refractivity contribution is 14.1. The van der Waals surface area contributed by atoms with Gasteiger partial charge in [0.05, 0.1) is 0 Å². The largest absolute Gasteiger partial charge is 0.294 e. The average molecular weight is 354 g/mol. The molecule has 2 aliphatic rings. The molecule has 96 valence electrons. The van der Waals surface area contributed by atoms with Gasteiger partial charge >= 0.3 is 0 Å². The first-order valence-corrected chi connectivity index (χ1v) is 8.01. The van der Waals surface area contributed by atoms with Crippen molar-refractivity contribution in [3.63, 3.8) is 0 Å². The monoisotopic (exact) mass is 354 g/mol. The molecule has 0 saturated heterocycles. The third kappa shape index (κ3) is 2.24. The van der Waals surface area contributed by atoms with Crippen LogP contribution in [0.15, 0.2) is 18.2 Å². The number of ketones is 1. The molecule has 1 nitrogen and oxygen atoms in total. The number of benzene rings is 1. The molecule has 18 heavy (non-hydrogen) atoms. The summed E-state index contributed by atoms with van der Waals surface area (Å²) in [5, 5.41) is 0. The summed E-state index contributed by atoms with van der Waals surface area (Å²) in [6, 6.07) is 6.08. The number of rotatable bonds is 3. The van der Waals surface area contributed by atoms with E-state index in [-0.39, 0.29) is 0 Å². The summed E-state index contributed by atoms with van der Waals surface area (Å²) in [6.45, 7) is 2.08. The number of carbonyl (C=O) groups excluding carboxylic acids is 1. The van der Waals surface area contributed by atoms with Crippen LogP contribution in [-0.2, 0) is 0 Å². The van der Waals surface area contributed by atoms with Crippen LogP contribution in [0, 0.1) is 28.2 Å². The zero-order chi connectivity index (χ0) is 12.7. The van der Waals surface area contributed by atoms with E-state index in [1.165, 1.54) is 31.2 Å². The van der Waals surface area contributed by atoms with Crippen LogP contribution in [0.2, 0.25) is 0 Å². The lowest BCUT2D eigenvalue weighted by Crippen LogP contribution is -2.16. The van der Waals surface area contributed by atoms with Crippen LogP contribution in [0.3, 0.4) is 0 Å². The highest BCUT2D eigenvalue weighted by Crippen LogP contribution is 2.49. The first-order chi connectivity index (χ1) is 8.65. The van der Waals surface area contributed by atoms with E-state index >= 15 is 0 Å². The standard InChI is InChI=1S/C16H19IO/c1-10-3-2-4-14(16(10)17)15(18)9-13-8-11-5-6-12(13)7-11/h2-4,11-13H,5-9H2,1H3. The minimum Gasteiger partial charge on any atom is -0.294 e. The Labute approximate surface area is 122 Å².